The van der Waals surface area contributed by atoms with Crippen LogP contribution in [0.2, 0.25) is 0 Å². The molecule has 5 rings (SSSR count). The van der Waals surface area contributed by atoms with Crippen LogP contribution in [-0.4, -0.2) is 53.1 Å². The Bertz CT molecular complexity index is 732. The number of hydrogen-bond donors (Lipinski definition) is 1. The van der Waals surface area contributed by atoms with Crippen molar-refractivity contribution >= 4 is 17.6 Å². The highest BCUT2D eigenvalue weighted by molar-refractivity contribution is 6.02. The second-order valence-corrected chi connectivity index (χ2v) is 6.92. The molecule has 1 aliphatic carbocycles. The van der Waals surface area contributed by atoms with Gasteiger partial charge in [-0.2, -0.15) is 10.2 Å². The Morgan fingerprint density at radius 3 is 2.83 bits per heavy atom. The average molecular weight is 324 g/mol. The van der Waals surface area contributed by atoms with E-state index in [2.05, 4.69) is 20.4 Å². The van der Waals surface area contributed by atoms with Crippen LogP contribution < -0.4 is 5.32 Å². The van der Waals surface area contributed by atoms with Gasteiger partial charge in [0.1, 0.15) is 5.92 Å². The number of nitrogens with one attached hydrogen (secondary N) is 1. The van der Waals surface area contributed by atoms with E-state index in [1.54, 1.807) is 4.90 Å². The third-order valence-electron chi connectivity index (χ3n) is 5.57. The molecule has 0 aromatic heterocycles. The Morgan fingerprint density at radius 2 is 2.00 bits per heavy atom. The summed E-state index contributed by atoms with van der Waals surface area (Å²) in [6, 6.07) is 10.6. The average Bonchev–Trinajstić information content (AvgIpc) is 3.27. The molecule has 2 fully saturated rings. The molecule has 7 nitrogen and oxygen atoms in total. The molecule has 1 aromatic carbocycles. The molecule has 0 spiro atoms. The van der Waals surface area contributed by atoms with E-state index >= 15 is 0 Å². The Hall–Kier alpha value is -2.44. The predicted molar refractivity (Wildman–Crippen MR) is 89.5 cm³/mol. The van der Waals surface area contributed by atoms with Crippen molar-refractivity contribution in [2.24, 2.45) is 21.1 Å². The van der Waals surface area contributed by atoms with Gasteiger partial charge in [-0.15, -0.1) is 0 Å². The minimum Gasteiger partial charge on any atom is -0.362 e. The van der Waals surface area contributed by atoms with Crippen LogP contribution in [0.3, 0.4) is 0 Å². The molecule has 1 saturated heterocycles. The van der Waals surface area contributed by atoms with Gasteiger partial charge in [0.2, 0.25) is 11.9 Å². The molecule has 1 saturated carbocycles. The number of aliphatic imine (C=N–C) groups is 1. The lowest BCUT2D eigenvalue weighted by Crippen LogP contribution is -2.62. The number of para-hydroxylation sites is 1. The van der Waals surface area contributed by atoms with Crippen LogP contribution in [0.15, 0.2) is 45.6 Å². The summed E-state index contributed by atoms with van der Waals surface area (Å²) in [4.78, 5) is 21.7. The fourth-order valence-corrected chi connectivity index (χ4v) is 4.42. The van der Waals surface area contributed by atoms with Crippen LogP contribution in [0.5, 0.6) is 0 Å². The van der Waals surface area contributed by atoms with Gasteiger partial charge in [-0.3, -0.25) is 9.69 Å². The molecule has 3 unspecified atom stereocenters. The summed E-state index contributed by atoms with van der Waals surface area (Å²) in [5.74, 6) is 0.539. The number of azo groups is 1. The van der Waals surface area contributed by atoms with E-state index in [1.807, 2.05) is 37.4 Å². The van der Waals surface area contributed by atoms with E-state index in [1.165, 1.54) is 6.42 Å². The van der Waals surface area contributed by atoms with Crippen LogP contribution in [0.1, 0.15) is 19.3 Å². The molecule has 0 radical (unpaired) electrons. The summed E-state index contributed by atoms with van der Waals surface area (Å²) < 4.78 is 0. The van der Waals surface area contributed by atoms with E-state index < -0.39 is 0 Å². The number of hydrogen-bond acceptors (Lipinski definition) is 6. The highest BCUT2D eigenvalue weighted by Crippen LogP contribution is 2.42. The molecule has 0 bridgehead atoms. The number of amides is 1. The van der Waals surface area contributed by atoms with E-state index in [0.717, 1.165) is 24.5 Å². The van der Waals surface area contributed by atoms with Crippen LogP contribution in [0.4, 0.5) is 5.69 Å². The molecular formula is C17H20N6O. The molecule has 1 amide bonds. The van der Waals surface area contributed by atoms with Crippen molar-refractivity contribution in [2.45, 2.75) is 43.7 Å². The molecule has 5 atom stereocenters. The summed E-state index contributed by atoms with van der Waals surface area (Å²) in [7, 11) is 1.82. The number of nitrogens with zero attached hydrogens (tertiary/aromatic N) is 5. The fourth-order valence-electron chi connectivity index (χ4n) is 4.42. The summed E-state index contributed by atoms with van der Waals surface area (Å²) >= 11 is 0. The lowest BCUT2D eigenvalue weighted by atomic mass is 9.97. The van der Waals surface area contributed by atoms with Crippen molar-refractivity contribution in [3.63, 3.8) is 0 Å². The second-order valence-electron chi connectivity index (χ2n) is 6.92. The Kier molecular flexibility index (Phi) is 2.92. The topological polar surface area (TPSA) is 72.7 Å². The van der Waals surface area contributed by atoms with Gasteiger partial charge in [-0.25, -0.2) is 4.99 Å². The first kappa shape index (κ1) is 13.9. The van der Waals surface area contributed by atoms with Crippen LogP contribution in [0.25, 0.3) is 0 Å². The number of carbonyl (C=O) groups is 1. The summed E-state index contributed by atoms with van der Waals surface area (Å²) in [5, 5.41) is 12.2. The maximum absolute atomic E-state index is 12.9. The first-order chi connectivity index (χ1) is 11.7. The van der Waals surface area contributed by atoms with Gasteiger partial charge >= 0.3 is 0 Å². The maximum atomic E-state index is 12.9. The molecule has 4 aliphatic rings. The first-order valence-electron chi connectivity index (χ1n) is 8.59. The van der Waals surface area contributed by atoms with Crippen molar-refractivity contribution in [2.75, 3.05) is 12.4 Å². The van der Waals surface area contributed by atoms with Gasteiger partial charge in [-0.1, -0.05) is 18.2 Å². The van der Waals surface area contributed by atoms with Gasteiger partial charge in [0.05, 0.1) is 12.1 Å². The number of benzene rings is 1. The number of anilines is 1. The molecule has 3 aliphatic heterocycles. The van der Waals surface area contributed by atoms with E-state index in [9.17, 15) is 4.79 Å². The normalized spacial score (nSPS) is 36.5. The molecule has 124 valence electrons. The quantitative estimate of drug-likeness (QED) is 0.903. The zero-order chi connectivity index (χ0) is 16.3. The number of carbonyl (C=O) groups excluding carboxylic acids is 1. The van der Waals surface area contributed by atoms with Gasteiger partial charge in [-0.05, 0) is 31.4 Å². The van der Waals surface area contributed by atoms with Gasteiger partial charge in [0, 0.05) is 12.7 Å². The Labute approximate surface area is 140 Å². The van der Waals surface area contributed by atoms with E-state index in [0.29, 0.717) is 12.1 Å². The van der Waals surface area contributed by atoms with Gasteiger partial charge < -0.3 is 10.2 Å². The van der Waals surface area contributed by atoms with Gasteiger partial charge in [0.15, 0.2) is 12.3 Å². The molecule has 3 heterocycles. The third kappa shape index (κ3) is 1.84. The SMILES string of the molecule is CN1C(=O)C2C(Nc3ccccc3)N=NC2N2C1=N[C@@H]1CCC[C@@H]12. The Morgan fingerprint density at radius 1 is 1.17 bits per heavy atom. The van der Waals surface area contributed by atoms with Crippen LogP contribution in [0, 0.1) is 5.92 Å². The molecule has 1 N–H and O–H groups in total. The van der Waals surface area contributed by atoms with Crippen molar-refractivity contribution < 1.29 is 4.79 Å². The second kappa shape index (κ2) is 5.03. The van der Waals surface area contributed by atoms with Crippen molar-refractivity contribution in [1.29, 1.82) is 0 Å². The van der Waals surface area contributed by atoms with Crippen molar-refractivity contribution in [3.05, 3.63) is 30.3 Å². The van der Waals surface area contributed by atoms with E-state index in [-0.39, 0.29) is 24.2 Å². The minimum atomic E-state index is -0.325. The van der Waals surface area contributed by atoms with Gasteiger partial charge in [0.25, 0.3) is 0 Å². The monoisotopic (exact) mass is 324 g/mol. The smallest absolute Gasteiger partial charge is 0.240 e. The zero-order valence-electron chi connectivity index (χ0n) is 13.5. The van der Waals surface area contributed by atoms with Crippen molar-refractivity contribution in [3.8, 4) is 0 Å². The standard InChI is InChI=1S/C17H20N6O/c1-22-16(24)13-14(18-10-6-3-2-4-7-10)20-21-15(13)23-12-9-5-8-11(12)19-17(22)23/h2-4,6-7,11-15,18H,5,8-9H2,1H3/t11-,12+,13?,14?,15?/m1/s1. The molecule has 7 heteroatoms. The number of rotatable bonds is 2. The Balaban J connectivity index is 1.46. The molecule has 1 aromatic rings. The third-order valence-corrected chi connectivity index (χ3v) is 5.57. The highest BCUT2D eigenvalue weighted by Gasteiger charge is 2.56. The summed E-state index contributed by atoms with van der Waals surface area (Å²) in [5.41, 5.74) is 0.956. The fraction of sp³-hybridized carbons (Fsp3) is 0.529. The summed E-state index contributed by atoms with van der Waals surface area (Å²) in [6.45, 7) is 0. The largest absolute Gasteiger partial charge is 0.362 e. The molecule has 24 heavy (non-hydrogen) atoms. The lowest BCUT2D eigenvalue weighted by molar-refractivity contribution is -0.135. The summed E-state index contributed by atoms with van der Waals surface area (Å²) in [6.07, 6.45) is 2.87. The van der Waals surface area contributed by atoms with Crippen LogP contribution >= 0.6 is 0 Å². The van der Waals surface area contributed by atoms with Crippen LogP contribution in [-0.2, 0) is 4.79 Å². The lowest BCUT2D eigenvalue weighted by Gasteiger charge is -2.42. The zero-order valence-corrected chi connectivity index (χ0v) is 13.5. The predicted octanol–water partition coefficient (Wildman–Crippen LogP) is 1.90. The highest BCUT2D eigenvalue weighted by atomic mass is 16.2. The molecular weight excluding hydrogens is 304 g/mol. The van der Waals surface area contributed by atoms with Crippen molar-refractivity contribution in [1.82, 2.24) is 9.80 Å². The minimum absolute atomic E-state index is 0.0494. The number of fused-ring (bicyclic) bond motifs is 5. The maximum Gasteiger partial charge on any atom is 0.240 e. The van der Waals surface area contributed by atoms with E-state index in [4.69, 9.17) is 4.99 Å². The first-order valence-corrected chi connectivity index (χ1v) is 8.59. The number of guanidine groups is 1.